The minimum Gasteiger partial charge on any atom is -0.799 e. The number of benzene rings is 2. The van der Waals surface area contributed by atoms with Gasteiger partial charge in [-0.3, -0.25) is 12.0 Å². The first-order chi connectivity index (χ1) is 12.0. The summed E-state index contributed by atoms with van der Waals surface area (Å²) in [5.41, 5.74) is 2.21. The number of nitriles is 2. The van der Waals surface area contributed by atoms with Crippen molar-refractivity contribution >= 4 is 23.6 Å². The van der Waals surface area contributed by atoms with Crippen molar-refractivity contribution in [3.8, 4) is 12.1 Å². The van der Waals surface area contributed by atoms with Crippen molar-refractivity contribution in [2.24, 2.45) is 0 Å². The van der Waals surface area contributed by atoms with E-state index in [2.05, 4.69) is 0 Å². The fourth-order valence-electron chi connectivity index (χ4n) is 1.99. The van der Waals surface area contributed by atoms with E-state index in [0.29, 0.717) is 47.6 Å². The number of hydrogen-bond donors (Lipinski definition) is 0. The third-order valence-electron chi connectivity index (χ3n) is 3.20. The van der Waals surface area contributed by atoms with Crippen molar-refractivity contribution in [3.63, 3.8) is 0 Å². The van der Waals surface area contributed by atoms with Crippen LogP contribution in [0.3, 0.4) is 0 Å². The molecular weight excluding hydrogens is 389 g/mol. The fraction of sp³-hybridized carbons (Fsp3) is 0.222. The number of hydrogen-bond acceptors (Lipinski definition) is 4. The Morgan fingerprint density at radius 2 is 1.38 bits per heavy atom. The third kappa shape index (κ3) is 8.51. The zero-order chi connectivity index (χ0) is 18.7. The van der Waals surface area contributed by atoms with Gasteiger partial charge in [0.2, 0.25) is 0 Å². The van der Waals surface area contributed by atoms with E-state index in [1.807, 2.05) is 12.1 Å². The van der Waals surface area contributed by atoms with Crippen LogP contribution >= 0.6 is 23.6 Å². The molecule has 0 fully saturated rings. The number of rotatable bonds is 5. The molecule has 130 valence electrons. The van der Waals surface area contributed by atoms with Gasteiger partial charge in [-0.25, -0.2) is 8.78 Å². The van der Waals surface area contributed by atoms with Gasteiger partial charge in [-0.1, -0.05) is 12.1 Å². The summed E-state index contributed by atoms with van der Waals surface area (Å²) >= 11 is 5.97. The summed E-state index contributed by atoms with van der Waals surface area (Å²) in [5.74, 6) is 0.0422. The van der Waals surface area contributed by atoms with E-state index >= 15 is 0 Å². The van der Waals surface area contributed by atoms with E-state index in [-0.39, 0.29) is 35.4 Å². The molecule has 0 saturated heterocycles. The van der Waals surface area contributed by atoms with Crippen molar-refractivity contribution in [2.45, 2.75) is 12.8 Å². The second kappa shape index (κ2) is 14.0. The normalized spacial score (nSPS) is 9.15. The summed E-state index contributed by atoms with van der Waals surface area (Å²) in [7, 11) is 0. The molecule has 26 heavy (non-hydrogen) atoms. The Bertz CT molecular complexity index is 794. The first-order valence-corrected chi connectivity index (χ1v) is 8.68. The molecule has 2 aromatic carbocycles. The molecule has 0 atom stereocenters. The van der Waals surface area contributed by atoms with Crippen molar-refractivity contribution < 1.29 is 42.9 Å². The Morgan fingerprint density at radius 1 is 0.923 bits per heavy atom. The molecule has 0 bridgehead atoms. The average Bonchev–Trinajstić information content (AvgIpc) is 2.62. The van der Waals surface area contributed by atoms with E-state index in [1.165, 1.54) is 24.3 Å². The summed E-state index contributed by atoms with van der Waals surface area (Å²) in [4.78, 5) is 0. The van der Waals surface area contributed by atoms with Crippen LogP contribution in [0.5, 0.6) is 0 Å². The van der Waals surface area contributed by atoms with E-state index in [0.717, 1.165) is 11.1 Å². The van der Waals surface area contributed by atoms with Crippen LogP contribution in [0.4, 0.5) is 8.78 Å². The molecule has 3 nitrogen and oxygen atoms in total. The van der Waals surface area contributed by atoms with Crippen molar-refractivity contribution in [2.75, 3.05) is 11.6 Å². The van der Waals surface area contributed by atoms with E-state index in [9.17, 15) is 13.3 Å². The number of aryl methyl sites for hydroxylation is 2. The molecule has 0 aromatic heterocycles. The predicted molar refractivity (Wildman–Crippen MR) is 93.6 cm³/mol. The number of nitrogens with zero attached hydrogens (tertiary/aromatic N) is 2. The smallest absolute Gasteiger partial charge is 0.799 e. The maximum Gasteiger partial charge on any atom is 1.00 e. The van der Waals surface area contributed by atoms with Crippen molar-refractivity contribution in [3.05, 3.63) is 70.3 Å². The number of alkyl halides is 1. The van der Waals surface area contributed by atoms with Crippen molar-refractivity contribution in [1.29, 1.82) is 10.5 Å². The minimum absolute atomic E-state index is 0. The van der Waals surface area contributed by atoms with Crippen LogP contribution < -0.4 is 29.6 Å². The maximum atomic E-state index is 12.6. The Kier molecular flexibility index (Phi) is 13.4. The Hall–Kier alpha value is -1.12. The summed E-state index contributed by atoms with van der Waals surface area (Å²) in [6.45, 7) is 0. The molecule has 0 radical (unpaired) electrons. The Morgan fingerprint density at radius 3 is 1.77 bits per heavy atom. The fourth-order valence-corrected chi connectivity index (χ4v) is 2.50. The van der Waals surface area contributed by atoms with Crippen LogP contribution in [-0.2, 0) is 12.8 Å². The van der Waals surface area contributed by atoms with E-state index < -0.39 is 5.82 Å². The zero-order valence-electron chi connectivity index (χ0n) is 14.1. The van der Waals surface area contributed by atoms with Gasteiger partial charge in [0.25, 0.3) is 0 Å². The van der Waals surface area contributed by atoms with Gasteiger partial charge >= 0.3 is 29.6 Å². The van der Waals surface area contributed by atoms with Crippen LogP contribution in [-0.4, -0.2) is 16.2 Å². The van der Waals surface area contributed by atoms with Gasteiger partial charge in [-0.05, 0) is 54.0 Å². The van der Waals surface area contributed by atoms with E-state index in [4.69, 9.17) is 22.1 Å². The summed E-state index contributed by atoms with van der Waals surface area (Å²) in [6, 6.07) is 12.0. The molecule has 0 aliphatic rings. The molecule has 0 amide bonds. The monoisotopic (exact) mass is 402 g/mol. The van der Waals surface area contributed by atoms with Gasteiger partial charge in [0.1, 0.15) is 11.6 Å². The Labute approximate surface area is 183 Å². The summed E-state index contributed by atoms with van der Waals surface area (Å²) < 4.78 is 35.4. The van der Waals surface area contributed by atoms with Crippen LogP contribution in [0.1, 0.15) is 22.3 Å². The molecule has 8 heteroatoms. The van der Waals surface area contributed by atoms with E-state index in [1.54, 1.807) is 12.1 Å². The zero-order valence-corrected chi connectivity index (χ0v) is 17.7. The standard InChI is InChI=1S/C9H7ClFN.C9H8FNOS.Na/c10-4-3-7-1-2-9(11)5-8(7)6-12;10-9-2-1-7(3-4-13-12)8(5-9)6-11;/h1-2,5H,3-4H2;1-2,5,12H,3-4H2;/q;;+1/p-1. The quantitative estimate of drug-likeness (QED) is 0.432. The molecule has 0 saturated carbocycles. The molecule has 0 N–H and O–H groups in total. The molecule has 0 aliphatic carbocycles. The minimum atomic E-state index is -0.421. The molecule has 0 unspecified atom stereocenters. The SMILES string of the molecule is N#Cc1cc(F)ccc1CCCl.N#Cc1cc(F)ccc1CCS[O-].[Na+]. The van der Waals surface area contributed by atoms with Gasteiger partial charge < -0.3 is 4.55 Å². The second-order valence-corrected chi connectivity index (χ2v) is 5.86. The molecule has 2 rings (SSSR count). The van der Waals surface area contributed by atoms with Gasteiger partial charge in [0.15, 0.2) is 0 Å². The van der Waals surface area contributed by atoms with Gasteiger partial charge in [-0.15, -0.1) is 11.6 Å². The van der Waals surface area contributed by atoms with Crippen LogP contribution in [0, 0.1) is 34.3 Å². The topological polar surface area (TPSA) is 70.6 Å². The van der Waals surface area contributed by atoms with Gasteiger partial charge in [0, 0.05) is 5.88 Å². The maximum absolute atomic E-state index is 12.6. The first kappa shape index (κ1) is 24.9. The molecule has 2 aromatic rings. The molecule has 0 heterocycles. The largest absolute Gasteiger partial charge is 1.00 e. The summed E-state index contributed by atoms with van der Waals surface area (Å²) in [5, 5.41) is 17.3. The first-order valence-electron chi connectivity index (χ1n) is 7.23. The Balaban J connectivity index is 0.000000464. The predicted octanol–water partition coefficient (Wildman–Crippen LogP) is 1.59. The third-order valence-corrected chi connectivity index (χ3v) is 3.76. The number of halogens is 3. The molecule has 0 aliphatic heterocycles. The van der Waals surface area contributed by atoms with Gasteiger partial charge in [0.05, 0.1) is 23.3 Å². The van der Waals surface area contributed by atoms with Crippen molar-refractivity contribution in [1.82, 2.24) is 0 Å². The van der Waals surface area contributed by atoms with Crippen LogP contribution in [0.15, 0.2) is 36.4 Å². The second-order valence-electron chi connectivity index (χ2n) is 4.84. The summed E-state index contributed by atoms with van der Waals surface area (Å²) in [6.07, 6.45) is 1.11. The molecular formula is C18H14ClF2N2NaOS. The van der Waals surface area contributed by atoms with Crippen LogP contribution in [0.25, 0.3) is 0 Å². The average molecular weight is 403 g/mol. The van der Waals surface area contributed by atoms with Crippen LogP contribution in [0.2, 0.25) is 0 Å². The molecule has 0 spiro atoms. The van der Waals surface area contributed by atoms with Gasteiger partial charge in [-0.2, -0.15) is 10.5 Å².